The summed E-state index contributed by atoms with van der Waals surface area (Å²) in [4.78, 5) is 11.6. The first-order chi connectivity index (χ1) is 20.8. The number of aryl methyl sites for hydroxylation is 1. The van der Waals surface area contributed by atoms with Crippen molar-refractivity contribution in [2.75, 3.05) is 43.7 Å². The lowest BCUT2D eigenvalue weighted by Crippen LogP contribution is -2.38. The summed E-state index contributed by atoms with van der Waals surface area (Å²) in [6, 6.07) is 10.7. The van der Waals surface area contributed by atoms with E-state index in [1.807, 2.05) is 25.4 Å². The summed E-state index contributed by atoms with van der Waals surface area (Å²) in [5.41, 5.74) is 4.40. The van der Waals surface area contributed by atoms with Crippen molar-refractivity contribution >= 4 is 39.3 Å². The number of hydrogen-bond donors (Lipinski definition) is 0. The van der Waals surface area contributed by atoms with Gasteiger partial charge in [-0.3, -0.25) is 4.18 Å². The molecule has 9 nitrogen and oxygen atoms in total. The van der Waals surface area contributed by atoms with Crippen molar-refractivity contribution in [3.05, 3.63) is 75.6 Å². The summed E-state index contributed by atoms with van der Waals surface area (Å²) in [5.74, 6) is 1.42. The fraction of sp³-hybridized carbons (Fsp3) is 0.452. The summed E-state index contributed by atoms with van der Waals surface area (Å²) in [5, 5.41) is 10.2. The van der Waals surface area contributed by atoms with Gasteiger partial charge in [0.2, 0.25) is 5.95 Å². The number of halogens is 2. The zero-order valence-corrected chi connectivity index (χ0v) is 26.3. The van der Waals surface area contributed by atoms with Gasteiger partial charge in [-0.15, -0.1) is 11.6 Å². The third kappa shape index (κ3) is 7.41. The standard InChI is InChI=1S/C31H34Cl2N4O5S/c1-21-5-7-25(8-6-21)43(38,39)42-16-15-40-24-9-12-37(13-10-24)31-35-19-23(20-36-31)26-3-2-4-27-28(26)17-22(18-34)30(29(27)33)41-14-11-32/h5-8,17,19-20,24,26H,2-4,9-16H2,1H3. The molecule has 3 aromatic rings. The number of nitriles is 1. The summed E-state index contributed by atoms with van der Waals surface area (Å²) >= 11 is 12.5. The minimum atomic E-state index is -3.80. The molecule has 1 saturated heterocycles. The Kier molecular flexibility index (Phi) is 10.4. The van der Waals surface area contributed by atoms with Gasteiger partial charge in [-0.05, 0) is 73.9 Å². The van der Waals surface area contributed by atoms with Crippen LogP contribution in [0.2, 0.25) is 5.02 Å². The third-order valence-electron chi connectivity index (χ3n) is 7.87. The van der Waals surface area contributed by atoms with Crippen molar-refractivity contribution in [2.45, 2.75) is 55.9 Å². The third-order valence-corrected chi connectivity index (χ3v) is 9.75. The van der Waals surface area contributed by atoms with E-state index in [-0.39, 0.29) is 36.7 Å². The minimum absolute atomic E-state index is 0.0114. The van der Waals surface area contributed by atoms with Crippen molar-refractivity contribution in [3.63, 3.8) is 0 Å². The Balaban J connectivity index is 1.14. The molecule has 0 spiro atoms. The highest BCUT2D eigenvalue weighted by Crippen LogP contribution is 2.44. The number of fused-ring (bicyclic) bond motifs is 1. The normalized spacial score (nSPS) is 17.3. The average molecular weight is 646 g/mol. The topological polar surface area (TPSA) is 115 Å². The number of ether oxygens (including phenoxy) is 2. The lowest BCUT2D eigenvalue weighted by atomic mass is 9.79. The number of piperidine rings is 1. The van der Waals surface area contributed by atoms with Crippen LogP contribution in [0.25, 0.3) is 0 Å². The van der Waals surface area contributed by atoms with Crippen LogP contribution in [-0.4, -0.2) is 63.3 Å². The van der Waals surface area contributed by atoms with Crippen LogP contribution in [0.15, 0.2) is 47.6 Å². The first-order valence-electron chi connectivity index (χ1n) is 14.4. The van der Waals surface area contributed by atoms with Gasteiger partial charge >= 0.3 is 0 Å². The molecular formula is C31H34Cl2N4O5S. The van der Waals surface area contributed by atoms with Gasteiger partial charge in [0.15, 0.2) is 5.75 Å². The SMILES string of the molecule is Cc1ccc(S(=O)(=O)OCCOC2CCN(c3ncc(C4CCCc5c4cc(C#N)c(OCCCl)c5Cl)cn3)CC2)cc1. The molecule has 0 amide bonds. The van der Waals surface area contributed by atoms with Gasteiger partial charge in [-0.25, -0.2) is 9.97 Å². The predicted octanol–water partition coefficient (Wildman–Crippen LogP) is 5.79. The van der Waals surface area contributed by atoms with E-state index in [1.165, 1.54) is 0 Å². The molecule has 0 saturated carbocycles. The van der Waals surface area contributed by atoms with Gasteiger partial charge in [0, 0.05) is 31.4 Å². The molecule has 2 heterocycles. The molecule has 43 heavy (non-hydrogen) atoms. The fourth-order valence-electron chi connectivity index (χ4n) is 5.63. The zero-order chi connectivity index (χ0) is 30.4. The van der Waals surface area contributed by atoms with Crippen LogP contribution in [0.4, 0.5) is 5.95 Å². The van der Waals surface area contributed by atoms with Crippen molar-refractivity contribution in [1.82, 2.24) is 9.97 Å². The molecule has 1 fully saturated rings. The molecule has 228 valence electrons. The van der Waals surface area contributed by atoms with E-state index in [0.29, 0.717) is 28.2 Å². The summed E-state index contributed by atoms with van der Waals surface area (Å²) < 4.78 is 41.4. The minimum Gasteiger partial charge on any atom is -0.489 e. The van der Waals surface area contributed by atoms with Crippen molar-refractivity contribution in [3.8, 4) is 11.8 Å². The van der Waals surface area contributed by atoms with Gasteiger partial charge in [-0.2, -0.15) is 13.7 Å². The number of aromatic nitrogens is 2. The second kappa shape index (κ2) is 14.2. The second-order valence-electron chi connectivity index (χ2n) is 10.7. The summed E-state index contributed by atoms with van der Waals surface area (Å²) in [6.45, 7) is 3.80. The monoisotopic (exact) mass is 644 g/mol. The fourth-order valence-corrected chi connectivity index (χ4v) is 6.96. The van der Waals surface area contributed by atoms with E-state index >= 15 is 0 Å². The summed E-state index contributed by atoms with van der Waals surface area (Å²) in [7, 11) is -3.80. The van der Waals surface area contributed by atoms with Gasteiger partial charge in [-0.1, -0.05) is 29.3 Å². The van der Waals surface area contributed by atoms with Gasteiger partial charge < -0.3 is 14.4 Å². The van der Waals surface area contributed by atoms with E-state index < -0.39 is 10.1 Å². The van der Waals surface area contributed by atoms with Crippen LogP contribution >= 0.6 is 23.2 Å². The number of alkyl halides is 1. The molecule has 0 radical (unpaired) electrons. The number of benzene rings is 2. The van der Waals surface area contributed by atoms with Crippen LogP contribution in [0.3, 0.4) is 0 Å². The van der Waals surface area contributed by atoms with Gasteiger partial charge in [0.1, 0.15) is 12.7 Å². The maximum atomic E-state index is 12.3. The highest BCUT2D eigenvalue weighted by Gasteiger charge is 2.29. The van der Waals surface area contributed by atoms with E-state index in [0.717, 1.165) is 67.4 Å². The quantitative estimate of drug-likeness (QED) is 0.145. The van der Waals surface area contributed by atoms with E-state index in [9.17, 15) is 13.7 Å². The lowest BCUT2D eigenvalue weighted by Gasteiger charge is -2.32. The molecule has 2 aromatic carbocycles. The molecule has 5 rings (SSSR count). The van der Waals surface area contributed by atoms with E-state index in [1.54, 1.807) is 24.3 Å². The van der Waals surface area contributed by atoms with Crippen LogP contribution in [-0.2, 0) is 25.5 Å². The largest absolute Gasteiger partial charge is 0.489 e. The lowest BCUT2D eigenvalue weighted by molar-refractivity contribution is 0.0211. The second-order valence-corrected chi connectivity index (χ2v) is 13.1. The molecule has 1 aliphatic heterocycles. The van der Waals surface area contributed by atoms with Gasteiger partial charge in [0.25, 0.3) is 10.1 Å². The highest BCUT2D eigenvalue weighted by molar-refractivity contribution is 7.86. The maximum absolute atomic E-state index is 12.3. The Labute approximate surface area is 262 Å². The molecule has 2 aliphatic rings. The van der Waals surface area contributed by atoms with Crippen LogP contribution in [0.1, 0.15) is 59.4 Å². The smallest absolute Gasteiger partial charge is 0.297 e. The molecular weight excluding hydrogens is 611 g/mol. The maximum Gasteiger partial charge on any atom is 0.297 e. The van der Waals surface area contributed by atoms with Crippen LogP contribution < -0.4 is 9.64 Å². The highest BCUT2D eigenvalue weighted by atomic mass is 35.5. The summed E-state index contributed by atoms with van der Waals surface area (Å²) in [6.07, 6.45) is 7.98. The van der Waals surface area contributed by atoms with E-state index in [2.05, 4.69) is 20.9 Å². The van der Waals surface area contributed by atoms with Gasteiger partial charge in [0.05, 0.1) is 40.7 Å². The Morgan fingerprint density at radius 1 is 1.07 bits per heavy atom. The molecule has 1 aromatic heterocycles. The Bertz CT molecular complexity index is 1550. The first-order valence-corrected chi connectivity index (χ1v) is 16.7. The average Bonchev–Trinajstić information content (AvgIpc) is 3.03. The molecule has 1 unspecified atom stereocenters. The van der Waals surface area contributed by atoms with Crippen molar-refractivity contribution in [2.24, 2.45) is 0 Å². The Hall–Kier alpha value is -2.94. The van der Waals surface area contributed by atoms with Crippen molar-refractivity contribution < 1.29 is 22.1 Å². The Morgan fingerprint density at radius 2 is 1.79 bits per heavy atom. The molecule has 0 bridgehead atoms. The molecule has 12 heteroatoms. The number of hydrogen-bond acceptors (Lipinski definition) is 9. The zero-order valence-electron chi connectivity index (χ0n) is 24.0. The van der Waals surface area contributed by atoms with Crippen molar-refractivity contribution in [1.29, 1.82) is 5.26 Å². The molecule has 1 aliphatic carbocycles. The number of anilines is 1. The number of rotatable bonds is 11. The molecule has 0 N–H and O–H groups in total. The predicted molar refractivity (Wildman–Crippen MR) is 165 cm³/mol. The van der Waals surface area contributed by atoms with Crippen LogP contribution in [0, 0.1) is 18.3 Å². The van der Waals surface area contributed by atoms with E-state index in [4.69, 9.17) is 36.9 Å². The molecule has 1 atom stereocenters. The van der Waals surface area contributed by atoms with Crippen LogP contribution in [0.5, 0.6) is 5.75 Å². The number of nitrogens with zero attached hydrogens (tertiary/aromatic N) is 4. The Morgan fingerprint density at radius 3 is 2.47 bits per heavy atom. The first kappa shape index (κ1) is 31.5.